The number of carboxylic acid groups (broad SMARTS) is 1. The van der Waals surface area contributed by atoms with Crippen LogP contribution in [0.15, 0.2) is 29.2 Å². The first-order chi connectivity index (χ1) is 6.72. The smallest absolute Gasteiger partial charge is 0.313 e. The number of nitrogens with two attached hydrogens (primary N) is 1. The molecule has 76 valence electrons. The lowest BCUT2D eigenvalue weighted by atomic mass is 10.2. The number of carbonyl (C=O) groups is 1. The lowest BCUT2D eigenvalue weighted by Crippen LogP contribution is -2.02. The second kappa shape index (κ2) is 5.67. The Bertz CT molecular complexity index is 297. The van der Waals surface area contributed by atoms with Crippen molar-refractivity contribution >= 4 is 17.7 Å². The highest BCUT2D eigenvalue weighted by atomic mass is 32.2. The van der Waals surface area contributed by atoms with E-state index in [1.54, 1.807) is 0 Å². The van der Waals surface area contributed by atoms with Gasteiger partial charge in [0, 0.05) is 4.90 Å². The number of hydrogen-bond donors (Lipinski definition) is 2. The van der Waals surface area contributed by atoms with Gasteiger partial charge < -0.3 is 10.8 Å². The van der Waals surface area contributed by atoms with E-state index in [1.165, 1.54) is 17.3 Å². The summed E-state index contributed by atoms with van der Waals surface area (Å²) in [5.41, 5.74) is 6.60. The van der Waals surface area contributed by atoms with Crippen LogP contribution in [-0.4, -0.2) is 23.4 Å². The summed E-state index contributed by atoms with van der Waals surface area (Å²) in [5, 5.41) is 8.48. The molecule has 0 aliphatic heterocycles. The zero-order valence-electron chi connectivity index (χ0n) is 7.77. The molecule has 0 bridgehead atoms. The topological polar surface area (TPSA) is 63.3 Å². The first kappa shape index (κ1) is 11.1. The maximum atomic E-state index is 10.3. The largest absolute Gasteiger partial charge is 0.481 e. The molecule has 1 rings (SSSR count). The van der Waals surface area contributed by atoms with Gasteiger partial charge in [-0.3, -0.25) is 4.79 Å². The van der Waals surface area contributed by atoms with Crippen molar-refractivity contribution in [2.24, 2.45) is 5.73 Å². The Hall–Kier alpha value is -1.00. The van der Waals surface area contributed by atoms with Crippen molar-refractivity contribution in [1.29, 1.82) is 0 Å². The van der Waals surface area contributed by atoms with Crippen LogP contribution in [0.1, 0.15) is 5.56 Å². The van der Waals surface area contributed by atoms with E-state index in [1.807, 2.05) is 24.3 Å². The minimum Gasteiger partial charge on any atom is -0.481 e. The van der Waals surface area contributed by atoms with Crippen LogP contribution < -0.4 is 5.73 Å². The van der Waals surface area contributed by atoms with E-state index < -0.39 is 5.97 Å². The maximum absolute atomic E-state index is 10.3. The third-order valence-corrected chi connectivity index (χ3v) is 2.72. The van der Waals surface area contributed by atoms with E-state index in [2.05, 4.69) is 0 Å². The van der Waals surface area contributed by atoms with Gasteiger partial charge in [-0.25, -0.2) is 0 Å². The van der Waals surface area contributed by atoms with Crippen LogP contribution in [-0.2, 0) is 11.2 Å². The van der Waals surface area contributed by atoms with Crippen molar-refractivity contribution in [2.75, 3.05) is 12.3 Å². The highest BCUT2D eigenvalue weighted by Crippen LogP contribution is 2.18. The van der Waals surface area contributed by atoms with E-state index in [4.69, 9.17) is 10.8 Å². The summed E-state index contributed by atoms with van der Waals surface area (Å²) in [5.74, 6) is -0.683. The Morgan fingerprint density at radius 1 is 1.36 bits per heavy atom. The van der Waals surface area contributed by atoms with Crippen LogP contribution in [0, 0.1) is 0 Å². The van der Waals surface area contributed by atoms with Gasteiger partial charge in [0.05, 0.1) is 5.75 Å². The number of rotatable bonds is 5. The summed E-state index contributed by atoms with van der Waals surface area (Å²) in [7, 11) is 0. The van der Waals surface area contributed by atoms with Gasteiger partial charge in [0.15, 0.2) is 0 Å². The molecule has 0 heterocycles. The summed E-state index contributed by atoms with van der Waals surface area (Å²) < 4.78 is 0. The minimum absolute atomic E-state index is 0.107. The third kappa shape index (κ3) is 3.81. The number of aliphatic carboxylic acids is 1. The minimum atomic E-state index is -0.791. The summed E-state index contributed by atoms with van der Waals surface area (Å²) in [6, 6.07) is 7.82. The van der Waals surface area contributed by atoms with Crippen LogP contribution in [0.2, 0.25) is 0 Å². The molecular weight excluding hydrogens is 198 g/mol. The Labute approximate surface area is 87.3 Å². The fraction of sp³-hybridized carbons (Fsp3) is 0.300. The molecule has 0 atom stereocenters. The molecule has 1 aromatic carbocycles. The van der Waals surface area contributed by atoms with Gasteiger partial charge in [-0.1, -0.05) is 12.1 Å². The van der Waals surface area contributed by atoms with E-state index in [9.17, 15) is 4.79 Å². The summed E-state index contributed by atoms with van der Waals surface area (Å²) in [6.45, 7) is 0.640. The SMILES string of the molecule is NCCc1ccc(SCC(=O)O)cc1. The third-order valence-electron chi connectivity index (χ3n) is 1.72. The first-order valence-electron chi connectivity index (χ1n) is 4.36. The molecule has 3 nitrogen and oxygen atoms in total. The fourth-order valence-electron chi connectivity index (χ4n) is 1.06. The molecule has 0 aliphatic rings. The fourth-order valence-corrected chi connectivity index (χ4v) is 1.68. The van der Waals surface area contributed by atoms with Gasteiger partial charge in [0.2, 0.25) is 0 Å². The maximum Gasteiger partial charge on any atom is 0.313 e. The number of benzene rings is 1. The molecule has 0 unspecified atom stereocenters. The lowest BCUT2D eigenvalue weighted by molar-refractivity contribution is -0.133. The zero-order valence-corrected chi connectivity index (χ0v) is 8.59. The first-order valence-corrected chi connectivity index (χ1v) is 5.34. The van der Waals surface area contributed by atoms with Gasteiger partial charge in [0.25, 0.3) is 0 Å². The van der Waals surface area contributed by atoms with Crippen molar-refractivity contribution in [3.63, 3.8) is 0 Å². The quantitative estimate of drug-likeness (QED) is 0.722. The Balaban J connectivity index is 2.50. The normalized spacial score (nSPS) is 10.1. The molecule has 0 saturated carbocycles. The molecule has 3 N–H and O–H groups in total. The molecule has 0 amide bonds. The second-order valence-electron chi connectivity index (χ2n) is 2.87. The molecule has 0 radical (unpaired) electrons. The highest BCUT2D eigenvalue weighted by Gasteiger charge is 1.99. The van der Waals surface area contributed by atoms with Crippen LogP contribution in [0.4, 0.5) is 0 Å². The summed E-state index contributed by atoms with van der Waals surface area (Å²) in [4.78, 5) is 11.3. The van der Waals surface area contributed by atoms with E-state index in [0.29, 0.717) is 6.54 Å². The average molecular weight is 211 g/mol. The number of carboxylic acids is 1. The predicted octanol–water partition coefficient (Wildman–Crippen LogP) is 1.36. The van der Waals surface area contributed by atoms with Crippen LogP contribution in [0.3, 0.4) is 0 Å². The molecule has 14 heavy (non-hydrogen) atoms. The second-order valence-corrected chi connectivity index (χ2v) is 3.91. The standard InChI is InChI=1S/C10H13NO2S/c11-6-5-8-1-3-9(4-2-8)14-7-10(12)13/h1-4H,5-7,11H2,(H,12,13). The van der Waals surface area contributed by atoms with Crippen LogP contribution >= 0.6 is 11.8 Å². The van der Waals surface area contributed by atoms with E-state index in [0.717, 1.165) is 11.3 Å². The monoisotopic (exact) mass is 211 g/mol. The van der Waals surface area contributed by atoms with E-state index in [-0.39, 0.29) is 5.75 Å². The Morgan fingerprint density at radius 3 is 2.50 bits per heavy atom. The van der Waals surface area contributed by atoms with Crippen molar-refractivity contribution < 1.29 is 9.90 Å². The van der Waals surface area contributed by atoms with Crippen molar-refractivity contribution in [3.8, 4) is 0 Å². The van der Waals surface area contributed by atoms with Crippen LogP contribution in [0.5, 0.6) is 0 Å². The van der Waals surface area contributed by atoms with Crippen molar-refractivity contribution in [3.05, 3.63) is 29.8 Å². The Kier molecular flexibility index (Phi) is 4.49. The molecule has 0 fully saturated rings. The summed E-state index contributed by atoms with van der Waals surface area (Å²) >= 11 is 1.32. The molecule has 0 spiro atoms. The van der Waals surface area contributed by atoms with Crippen LogP contribution in [0.25, 0.3) is 0 Å². The lowest BCUT2D eigenvalue weighted by Gasteiger charge is -2.01. The predicted molar refractivity (Wildman–Crippen MR) is 57.6 cm³/mol. The van der Waals surface area contributed by atoms with Crippen molar-refractivity contribution in [2.45, 2.75) is 11.3 Å². The molecule has 0 saturated heterocycles. The zero-order chi connectivity index (χ0) is 10.4. The molecule has 0 aromatic heterocycles. The molecular formula is C10H13NO2S. The number of hydrogen-bond acceptors (Lipinski definition) is 3. The van der Waals surface area contributed by atoms with Crippen molar-refractivity contribution in [1.82, 2.24) is 0 Å². The molecule has 0 aliphatic carbocycles. The van der Waals surface area contributed by atoms with Gasteiger partial charge in [-0.05, 0) is 30.7 Å². The van der Waals surface area contributed by atoms with Gasteiger partial charge in [-0.2, -0.15) is 0 Å². The Morgan fingerprint density at radius 2 is 2.00 bits per heavy atom. The summed E-state index contributed by atoms with van der Waals surface area (Å²) in [6.07, 6.45) is 0.865. The van der Waals surface area contributed by atoms with Gasteiger partial charge in [-0.15, -0.1) is 11.8 Å². The molecule has 1 aromatic rings. The molecule has 4 heteroatoms. The van der Waals surface area contributed by atoms with Gasteiger partial charge >= 0.3 is 5.97 Å². The number of thioether (sulfide) groups is 1. The average Bonchev–Trinajstić information content (AvgIpc) is 2.17. The highest BCUT2D eigenvalue weighted by molar-refractivity contribution is 8.00. The van der Waals surface area contributed by atoms with Gasteiger partial charge in [0.1, 0.15) is 0 Å². The van der Waals surface area contributed by atoms with E-state index >= 15 is 0 Å².